The van der Waals surface area contributed by atoms with Crippen LogP contribution in [0.3, 0.4) is 0 Å². The van der Waals surface area contributed by atoms with Crippen LogP contribution in [-0.4, -0.2) is 82.3 Å². The van der Waals surface area contributed by atoms with Crippen LogP contribution in [0.25, 0.3) is 0 Å². The number of ether oxygens (including phenoxy) is 2. The van der Waals surface area contributed by atoms with Crippen LogP contribution in [0.1, 0.15) is 213 Å². The van der Waals surface area contributed by atoms with Crippen molar-refractivity contribution in [2.45, 2.75) is 231 Å². The molecular formula is C45H83N3O10S. The van der Waals surface area contributed by atoms with Gasteiger partial charge in [-0.2, -0.15) is 11.8 Å². The summed E-state index contributed by atoms with van der Waals surface area (Å²) >= 11 is 1.32. The normalized spacial score (nSPS) is 12.7. The fourth-order valence-electron chi connectivity index (χ4n) is 6.67. The minimum atomic E-state index is -1.53. The second-order valence-corrected chi connectivity index (χ2v) is 17.1. The van der Waals surface area contributed by atoms with Gasteiger partial charge in [0, 0.05) is 37.2 Å². The molecule has 0 unspecified atom stereocenters. The van der Waals surface area contributed by atoms with E-state index in [2.05, 4.69) is 24.5 Å². The Bertz CT molecular complexity index is 1110. The van der Waals surface area contributed by atoms with E-state index in [0.29, 0.717) is 12.2 Å². The number of unbranched alkanes of at least 4 members (excludes halogenated alkanes) is 24. The molecule has 0 rings (SSSR count). The summed E-state index contributed by atoms with van der Waals surface area (Å²) in [6.07, 6.45) is 29.0. The highest BCUT2D eigenvalue weighted by atomic mass is 32.2. The molecule has 0 aliphatic heterocycles. The van der Waals surface area contributed by atoms with E-state index in [1.54, 1.807) is 0 Å². The molecule has 0 aromatic heterocycles. The summed E-state index contributed by atoms with van der Waals surface area (Å²) in [4.78, 5) is 72.3. The van der Waals surface area contributed by atoms with Crippen molar-refractivity contribution >= 4 is 47.5 Å². The number of nitrogens with two attached hydrogens (primary N) is 1. The van der Waals surface area contributed by atoms with E-state index in [4.69, 9.17) is 20.3 Å². The van der Waals surface area contributed by atoms with Crippen LogP contribution < -0.4 is 16.4 Å². The SMILES string of the molecule is CCCCCCCCCCCCCCCC(=O)OC[C@H](CSCCC(=O)N[C@@H](N)C(=O)N[C@H](CCC(=O)O)C(=O)O)OC(=O)CCCCCCCCCCCCCCC. The molecule has 0 spiro atoms. The van der Waals surface area contributed by atoms with Crippen molar-refractivity contribution in [1.82, 2.24) is 10.6 Å². The number of carboxylic acids is 2. The Kier molecular flexibility index (Phi) is 38.6. The van der Waals surface area contributed by atoms with Gasteiger partial charge in [-0.25, -0.2) is 4.79 Å². The number of carbonyl (C=O) groups excluding carboxylic acids is 4. The number of amides is 2. The highest BCUT2D eigenvalue weighted by molar-refractivity contribution is 7.99. The molecule has 59 heavy (non-hydrogen) atoms. The van der Waals surface area contributed by atoms with Gasteiger partial charge in [-0.1, -0.05) is 168 Å². The summed E-state index contributed by atoms with van der Waals surface area (Å²) in [5, 5.41) is 22.5. The maximum atomic E-state index is 12.8. The predicted molar refractivity (Wildman–Crippen MR) is 236 cm³/mol. The second-order valence-electron chi connectivity index (χ2n) is 16.0. The van der Waals surface area contributed by atoms with Crippen LogP contribution >= 0.6 is 11.8 Å². The molecule has 0 saturated heterocycles. The van der Waals surface area contributed by atoms with Crippen LogP contribution in [0, 0.1) is 0 Å². The first-order valence-corrected chi connectivity index (χ1v) is 24.4. The first-order chi connectivity index (χ1) is 28.5. The van der Waals surface area contributed by atoms with Gasteiger partial charge in [0.25, 0.3) is 5.91 Å². The molecule has 0 aliphatic rings. The summed E-state index contributed by atoms with van der Waals surface area (Å²) in [5.74, 6) is -4.23. The molecule has 0 aliphatic carbocycles. The van der Waals surface area contributed by atoms with Crippen LogP contribution in [-0.2, 0) is 38.2 Å². The smallest absolute Gasteiger partial charge is 0.326 e. The summed E-state index contributed by atoms with van der Waals surface area (Å²) in [6, 6.07) is -1.47. The van der Waals surface area contributed by atoms with Gasteiger partial charge < -0.3 is 36.1 Å². The van der Waals surface area contributed by atoms with Crippen molar-refractivity contribution in [3.05, 3.63) is 0 Å². The Labute approximate surface area is 360 Å². The third kappa shape index (κ3) is 37.8. The van der Waals surface area contributed by atoms with Gasteiger partial charge in [-0.05, 0) is 19.3 Å². The van der Waals surface area contributed by atoms with E-state index in [1.165, 1.54) is 134 Å². The number of thioether (sulfide) groups is 1. The summed E-state index contributed by atoms with van der Waals surface area (Å²) < 4.78 is 11.3. The van der Waals surface area contributed by atoms with Crippen molar-refractivity contribution in [1.29, 1.82) is 0 Å². The van der Waals surface area contributed by atoms with Gasteiger partial charge in [-0.3, -0.25) is 24.0 Å². The van der Waals surface area contributed by atoms with E-state index in [-0.39, 0.29) is 43.6 Å². The lowest BCUT2D eigenvalue weighted by Crippen LogP contribution is -2.55. The Hall–Kier alpha value is -2.87. The Morgan fingerprint density at radius 3 is 1.41 bits per heavy atom. The molecule has 344 valence electrons. The maximum Gasteiger partial charge on any atom is 0.326 e. The molecule has 0 heterocycles. The van der Waals surface area contributed by atoms with E-state index >= 15 is 0 Å². The van der Waals surface area contributed by atoms with Crippen molar-refractivity contribution in [3.8, 4) is 0 Å². The number of rotatable bonds is 43. The monoisotopic (exact) mass is 858 g/mol. The highest BCUT2D eigenvalue weighted by Gasteiger charge is 2.25. The van der Waals surface area contributed by atoms with Gasteiger partial charge in [0.1, 0.15) is 18.8 Å². The zero-order chi connectivity index (χ0) is 43.8. The fraction of sp³-hybridized carbons (Fsp3) is 0.867. The molecular weight excluding hydrogens is 775 g/mol. The number of nitrogens with one attached hydrogen (secondary N) is 2. The molecule has 0 fully saturated rings. The lowest BCUT2D eigenvalue weighted by atomic mass is 10.0. The lowest BCUT2D eigenvalue weighted by Gasteiger charge is -2.19. The largest absolute Gasteiger partial charge is 0.481 e. The van der Waals surface area contributed by atoms with E-state index in [9.17, 15) is 33.9 Å². The quantitative estimate of drug-likeness (QED) is 0.0221. The van der Waals surface area contributed by atoms with Crippen LogP contribution in [0.2, 0.25) is 0 Å². The maximum absolute atomic E-state index is 12.8. The van der Waals surface area contributed by atoms with Gasteiger partial charge in [0.15, 0.2) is 6.17 Å². The van der Waals surface area contributed by atoms with Crippen LogP contribution in [0.4, 0.5) is 0 Å². The lowest BCUT2D eigenvalue weighted by molar-refractivity contribution is -0.157. The van der Waals surface area contributed by atoms with E-state index < -0.39 is 48.5 Å². The minimum absolute atomic E-state index is 0.0362. The third-order valence-corrected chi connectivity index (χ3v) is 11.4. The van der Waals surface area contributed by atoms with Crippen molar-refractivity contribution in [3.63, 3.8) is 0 Å². The van der Waals surface area contributed by atoms with Crippen molar-refractivity contribution in [2.24, 2.45) is 5.73 Å². The molecule has 3 atom stereocenters. The minimum Gasteiger partial charge on any atom is -0.481 e. The van der Waals surface area contributed by atoms with E-state index in [0.717, 1.165) is 44.9 Å². The molecule has 0 bridgehead atoms. The molecule has 0 aromatic carbocycles. The molecule has 2 amide bonds. The molecule has 14 heteroatoms. The van der Waals surface area contributed by atoms with Gasteiger partial charge in [0.05, 0.1) is 0 Å². The number of carbonyl (C=O) groups is 6. The molecule has 0 aromatic rings. The van der Waals surface area contributed by atoms with Crippen molar-refractivity contribution in [2.75, 3.05) is 18.1 Å². The van der Waals surface area contributed by atoms with Crippen LogP contribution in [0.15, 0.2) is 0 Å². The molecule has 0 saturated carbocycles. The van der Waals surface area contributed by atoms with Crippen LogP contribution in [0.5, 0.6) is 0 Å². The summed E-state index contributed by atoms with van der Waals surface area (Å²) in [5.41, 5.74) is 5.74. The zero-order valence-electron chi connectivity index (χ0n) is 36.9. The average molecular weight is 858 g/mol. The Balaban J connectivity index is 4.63. The number of hydrogen-bond donors (Lipinski definition) is 5. The third-order valence-electron chi connectivity index (χ3n) is 10.3. The summed E-state index contributed by atoms with van der Waals surface area (Å²) in [6.45, 7) is 4.41. The van der Waals surface area contributed by atoms with E-state index in [1.807, 2.05) is 0 Å². The fourth-order valence-corrected chi connectivity index (χ4v) is 7.59. The number of aliphatic carboxylic acids is 2. The average Bonchev–Trinajstić information content (AvgIpc) is 3.20. The summed E-state index contributed by atoms with van der Waals surface area (Å²) in [7, 11) is 0. The molecule has 0 radical (unpaired) electrons. The van der Waals surface area contributed by atoms with Crippen molar-refractivity contribution < 1.29 is 48.5 Å². The van der Waals surface area contributed by atoms with Gasteiger partial charge in [-0.15, -0.1) is 0 Å². The molecule has 6 N–H and O–H groups in total. The number of esters is 2. The second kappa shape index (κ2) is 40.5. The Morgan fingerprint density at radius 1 is 0.559 bits per heavy atom. The number of hydrogen-bond acceptors (Lipinski definition) is 10. The standard InChI is InChI=1S/C45H83N3O10S/c1-3-5-7-9-11-13-15-17-19-21-23-25-27-29-41(52)57-35-37(58-42(53)30-28-26-24-22-20-18-16-14-12-10-8-6-4-2)36-59-34-33-39(49)48-43(46)44(54)47-38(45(55)56)31-32-40(50)51/h37-38,43H,3-36,46H2,1-2H3,(H,47,54)(H,48,49)(H,50,51)(H,55,56)/t37-,38-,43-/m1/s1. The van der Waals surface area contributed by atoms with Gasteiger partial charge >= 0.3 is 23.9 Å². The predicted octanol–water partition coefficient (Wildman–Crippen LogP) is 9.36. The Morgan fingerprint density at radius 2 is 0.983 bits per heavy atom. The topological polar surface area (TPSA) is 211 Å². The van der Waals surface area contributed by atoms with Gasteiger partial charge in [0.2, 0.25) is 5.91 Å². The highest BCUT2D eigenvalue weighted by Crippen LogP contribution is 2.16. The molecule has 13 nitrogen and oxygen atoms in total. The zero-order valence-corrected chi connectivity index (χ0v) is 37.7. The number of carboxylic acid groups (broad SMARTS) is 2. The first kappa shape index (κ1) is 56.1. The first-order valence-electron chi connectivity index (χ1n) is 23.2.